The second kappa shape index (κ2) is 8.08. The number of methoxy groups -OCH3 is 2. The summed E-state index contributed by atoms with van der Waals surface area (Å²) in [5.74, 6) is 1.26. The second-order valence-electron chi connectivity index (χ2n) is 6.27. The highest BCUT2D eigenvalue weighted by Crippen LogP contribution is 2.30. The monoisotopic (exact) mass is 396 g/mol. The van der Waals surface area contributed by atoms with Crippen molar-refractivity contribution in [1.29, 1.82) is 0 Å². The predicted molar refractivity (Wildman–Crippen MR) is 110 cm³/mol. The van der Waals surface area contributed by atoms with E-state index >= 15 is 0 Å². The summed E-state index contributed by atoms with van der Waals surface area (Å²) in [4.78, 5) is 16.8. The van der Waals surface area contributed by atoms with Gasteiger partial charge in [-0.3, -0.25) is 0 Å². The molecule has 0 radical (unpaired) electrons. The summed E-state index contributed by atoms with van der Waals surface area (Å²) in [5, 5.41) is 1.79. The van der Waals surface area contributed by atoms with Gasteiger partial charge in [0, 0.05) is 36.9 Å². The number of imidazole rings is 1. The smallest absolute Gasteiger partial charge is 0.336 e. The van der Waals surface area contributed by atoms with Crippen molar-refractivity contribution in [2.45, 2.75) is 17.5 Å². The molecule has 0 saturated heterocycles. The maximum Gasteiger partial charge on any atom is 0.336 e. The molecule has 4 aromatic rings. The molecule has 0 saturated carbocycles. The molecule has 28 heavy (non-hydrogen) atoms. The zero-order valence-electron chi connectivity index (χ0n) is 15.7. The molecule has 144 valence electrons. The Morgan fingerprint density at radius 3 is 2.82 bits per heavy atom. The molecule has 4 rings (SSSR count). The van der Waals surface area contributed by atoms with Gasteiger partial charge in [0.25, 0.3) is 0 Å². The number of fused-ring (bicyclic) bond motifs is 2. The van der Waals surface area contributed by atoms with Crippen LogP contribution in [0.3, 0.4) is 0 Å². The van der Waals surface area contributed by atoms with Crippen LogP contribution < -0.4 is 10.4 Å². The zero-order chi connectivity index (χ0) is 19.5. The van der Waals surface area contributed by atoms with Crippen LogP contribution in [0.25, 0.3) is 22.0 Å². The third-order valence-electron chi connectivity index (χ3n) is 4.53. The van der Waals surface area contributed by atoms with E-state index in [1.165, 1.54) is 0 Å². The Morgan fingerprint density at radius 2 is 2.00 bits per heavy atom. The van der Waals surface area contributed by atoms with Gasteiger partial charge < -0.3 is 18.5 Å². The minimum absolute atomic E-state index is 0.371. The Bertz CT molecular complexity index is 1180. The zero-order valence-corrected chi connectivity index (χ0v) is 16.5. The fourth-order valence-electron chi connectivity index (χ4n) is 3.16. The molecule has 0 spiro atoms. The van der Waals surface area contributed by atoms with E-state index in [4.69, 9.17) is 18.9 Å². The lowest BCUT2D eigenvalue weighted by Gasteiger charge is -2.09. The number of hydrogen-bond acceptors (Lipinski definition) is 6. The molecule has 0 aliphatic heterocycles. The number of ether oxygens (including phenoxy) is 2. The first-order valence-corrected chi connectivity index (χ1v) is 9.86. The molecule has 0 amide bonds. The average Bonchev–Trinajstić information content (AvgIpc) is 3.07. The lowest BCUT2D eigenvalue weighted by molar-refractivity contribution is 0.186. The molecule has 0 fully saturated rings. The van der Waals surface area contributed by atoms with Crippen LogP contribution in [0.15, 0.2) is 62.9 Å². The van der Waals surface area contributed by atoms with E-state index in [0.29, 0.717) is 30.2 Å². The fraction of sp³-hybridized carbons (Fsp3) is 0.238. The molecule has 0 aliphatic rings. The van der Waals surface area contributed by atoms with Crippen molar-refractivity contribution in [1.82, 2.24) is 9.55 Å². The summed E-state index contributed by atoms with van der Waals surface area (Å²) < 4.78 is 18.0. The van der Waals surface area contributed by atoms with E-state index in [0.717, 1.165) is 27.1 Å². The normalized spacial score (nSPS) is 11.4. The van der Waals surface area contributed by atoms with Gasteiger partial charge in [-0.25, -0.2) is 9.78 Å². The molecule has 0 atom stereocenters. The van der Waals surface area contributed by atoms with Crippen LogP contribution in [-0.4, -0.2) is 30.4 Å². The van der Waals surface area contributed by atoms with E-state index in [9.17, 15) is 4.79 Å². The van der Waals surface area contributed by atoms with Crippen LogP contribution in [0.2, 0.25) is 0 Å². The number of benzene rings is 2. The lowest BCUT2D eigenvalue weighted by Crippen LogP contribution is -2.06. The van der Waals surface area contributed by atoms with Crippen molar-refractivity contribution >= 4 is 33.8 Å². The van der Waals surface area contributed by atoms with Crippen molar-refractivity contribution in [3.8, 4) is 5.75 Å². The van der Waals surface area contributed by atoms with Gasteiger partial charge in [-0.2, -0.15) is 0 Å². The van der Waals surface area contributed by atoms with Gasteiger partial charge in [0.15, 0.2) is 5.16 Å². The molecule has 2 aromatic heterocycles. The maximum absolute atomic E-state index is 12.0. The summed E-state index contributed by atoms with van der Waals surface area (Å²) in [6, 6.07) is 15.1. The standard InChI is InChI=1S/C21H20N2O4S/c1-25-10-9-23-18-6-4-3-5-17(18)22-21(23)28-13-14-11-20(24)27-19-12-15(26-2)7-8-16(14)19/h3-8,11-12H,9-10,13H2,1-2H3. The molecule has 7 heteroatoms. The molecule has 0 aliphatic carbocycles. The summed E-state index contributed by atoms with van der Waals surface area (Å²) >= 11 is 1.59. The van der Waals surface area contributed by atoms with E-state index < -0.39 is 0 Å². The highest BCUT2D eigenvalue weighted by molar-refractivity contribution is 7.98. The Labute approximate surface area is 166 Å². The van der Waals surface area contributed by atoms with E-state index in [-0.39, 0.29) is 5.63 Å². The Balaban J connectivity index is 1.69. The molecular formula is C21H20N2O4S. The van der Waals surface area contributed by atoms with E-state index in [1.54, 1.807) is 38.1 Å². The molecule has 2 aromatic carbocycles. The lowest BCUT2D eigenvalue weighted by atomic mass is 10.1. The number of nitrogens with zero attached hydrogens (tertiary/aromatic N) is 2. The van der Waals surface area contributed by atoms with Crippen LogP contribution in [0.1, 0.15) is 5.56 Å². The van der Waals surface area contributed by atoms with Gasteiger partial charge in [0.2, 0.25) is 0 Å². The number of para-hydroxylation sites is 2. The topological polar surface area (TPSA) is 66.5 Å². The Hall–Kier alpha value is -2.77. The molecular weight excluding hydrogens is 376 g/mol. The van der Waals surface area contributed by atoms with Crippen LogP contribution in [0.4, 0.5) is 0 Å². The molecule has 6 nitrogen and oxygen atoms in total. The highest BCUT2D eigenvalue weighted by atomic mass is 32.2. The van der Waals surface area contributed by atoms with Gasteiger partial charge in [-0.15, -0.1) is 0 Å². The fourth-order valence-corrected chi connectivity index (χ4v) is 4.19. The molecule has 0 bridgehead atoms. The van der Waals surface area contributed by atoms with Crippen molar-refractivity contribution in [2.75, 3.05) is 20.8 Å². The minimum atomic E-state index is -0.371. The number of thioether (sulfide) groups is 1. The van der Waals surface area contributed by atoms with Crippen LogP contribution in [0.5, 0.6) is 5.75 Å². The second-order valence-corrected chi connectivity index (χ2v) is 7.21. The SMILES string of the molecule is COCCn1c(SCc2cc(=O)oc3cc(OC)ccc23)nc2ccccc21. The van der Waals surface area contributed by atoms with Crippen molar-refractivity contribution < 1.29 is 13.9 Å². The highest BCUT2D eigenvalue weighted by Gasteiger charge is 2.13. The summed E-state index contributed by atoms with van der Waals surface area (Å²) in [5.41, 5.74) is 3.08. The minimum Gasteiger partial charge on any atom is -0.497 e. The third kappa shape index (κ3) is 3.63. The summed E-state index contributed by atoms with van der Waals surface area (Å²) in [6.07, 6.45) is 0. The molecule has 2 heterocycles. The van der Waals surface area contributed by atoms with E-state index in [1.807, 2.05) is 30.3 Å². The largest absolute Gasteiger partial charge is 0.497 e. The quantitative estimate of drug-likeness (QED) is 0.346. The predicted octanol–water partition coefficient (Wildman–Crippen LogP) is 4.09. The summed E-state index contributed by atoms with van der Waals surface area (Å²) in [7, 11) is 3.28. The Kier molecular flexibility index (Phi) is 5.36. The average molecular weight is 396 g/mol. The van der Waals surface area contributed by atoms with E-state index in [2.05, 4.69) is 10.6 Å². The number of aromatic nitrogens is 2. The van der Waals surface area contributed by atoms with Gasteiger partial charge in [-0.1, -0.05) is 23.9 Å². The first kappa shape index (κ1) is 18.6. The molecule has 0 unspecified atom stereocenters. The van der Waals surface area contributed by atoms with Gasteiger partial charge >= 0.3 is 5.63 Å². The summed E-state index contributed by atoms with van der Waals surface area (Å²) in [6.45, 7) is 1.32. The maximum atomic E-state index is 12.0. The van der Waals surface area contributed by atoms with Gasteiger partial charge in [0.05, 0.1) is 24.8 Å². The van der Waals surface area contributed by atoms with Gasteiger partial charge in [-0.05, 0) is 29.8 Å². The first-order chi connectivity index (χ1) is 13.7. The van der Waals surface area contributed by atoms with Gasteiger partial charge in [0.1, 0.15) is 11.3 Å². The first-order valence-electron chi connectivity index (χ1n) is 8.87. The molecule has 0 N–H and O–H groups in total. The number of hydrogen-bond donors (Lipinski definition) is 0. The van der Waals surface area contributed by atoms with Crippen LogP contribution in [0, 0.1) is 0 Å². The number of rotatable bonds is 7. The third-order valence-corrected chi connectivity index (χ3v) is 5.56. The Morgan fingerprint density at radius 1 is 1.14 bits per heavy atom. The van der Waals surface area contributed by atoms with Crippen LogP contribution >= 0.6 is 11.8 Å². The van der Waals surface area contributed by atoms with Crippen LogP contribution in [-0.2, 0) is 17.0 Å². The van der Waals surface area contributed by atoms with Crippen molar-refractivity contribution in [3.05, 3.63) is 64.5 Å². The van der Waals surface area contributed by atoms with Crippen molar-refractivity contribution in [2.24, 2.45) is 0 Å². The van der Waals surface area contributed by atoms with Crippen molar-refractivity contribution in [3.63, 3.8) is 0 Å².